The number of hydrogen-bond donors (Lipinski definition) is 0. The summed E-state index contributed by atoms with van der Waals surface area (Å²) in [5, 5.41) is 0.538. The number of allylic oxidation sites excluding steroid dienone is 1. The van der Waals surface area contributed by atoms with Gasteiger partial charge in [0.2, 0.25) is 0 Å². The molecule has 2 aliphatic heterocycles. The van der Waals surface area contributed by atoms with E-state index in [0.29, 0.717) is 37.7 Å². The maximum atomic E-state index is 14.0. The number of amides is 1. The number of carbonyl (C=O) groups excluding carboxylic acids is 2. The number of ether oxygens (including phenoxy) is 1. The Morgan fingerprint density at radius 3 is 2.53 bits per heavy atom. The fraction of sp³-hybridized carbons (Fsp3) is 0.259. The van der Waals surface area contributed by atoms with Crippen molar-refractivity contribution in [3.8, 4) is 0 Å². The van der Waals surface area contributed by atoms with Crippen molar-refractivity contribution < 1.29 is 14.3 Å². The third kappa shape index (κ3) is 3.81. The van der Waals surface area contributed by atoms with Crippen molar-refractivity contribution in [1.29, 1.82) is 0 Å². The van der Waals surface area contributed by atoms with E-state index in [1.54, 1.807) is 43.0 Å². The molecule has 9 heteroatoms. The lowest BCUT2D eigenvalue weighted by Crippen LogP contribution is -2.41. The first-order valence-corrected chi connectivity index (χ1v) is 13.0. The van der Waals surface area contributed by atoms with Gasteiger partial charge in [-0.05, 0) is 44.0 Å². The van der Waals surface area contributed by atoms with Crippen molar-refractivity contribution in [2.45, 2.75) is 33.2 Å². The number of halogens is 1. The van der Waals surface area contributed by atoms with Crippen LogP contribution in [-0.4, -0.2) is 29.6 Å². The molecular weight excluding hydrogens is 498 g/mol. The maximum absolute atomic E-state index is 14.0. The largest absolute Gasteiger partial charge is 0.463 e. The molecule has 2 aromatic carbocycles. The summed E-state index contributed by atoms with van der Waals surface area (Å²) >= 11 is 7.28. The minimum Gasteiger partial charge on any atom is -0.463 e. The molecule has 2 aliphatic rings. The Hall–Kier alpha value is -3.49. The molecule has 0 fully saturated rings. The molecule has 7 nitrogen and oxygen atoms in total. The topological polar surface area (TPSA) is 81.0 Å². The molecule has 0 unspecified atom stereocenters. The van der Waals surface area contributed by atoms with Crippen LogP contribution in [0.5, 0.6) is 0 Å². The van der Waals surface area contributed by atoms with Gasteiger partial charge >= 0.3 is 5.97 Å². The molecule has 0 spiro atoms. The Labute approximate surface area is 216 Å². The second-order valence-corrected chi connectivity index (χ2v) is 9.94. The van der Waals surface area contributed by atoms with E-state index in [1.165, 1.54) is 15.9 Å². The highest BCUT2D eigenvalue weighted by atomic mass is 35.5. The molecule has 3 aromatic rings. The molecule has 0 radical (unpaired) electrons. The minimum atomic E-state index is -0.759. The maximum Gasteiger partial charge on any atom is 0.338 e. The zero-order valence-electron chi connectivity index (χ0n) is 20.1. The van der Waals surface area contributed by atoms with E-state index < -0.39 is 12.0 Å². The van der Waals surface area contributed by atoms with Gasteiger partial charge in [-0.15, -0.1) is 0 Å². The highest BCUT2D eigenvalue weighted by Crippen LogP contribution is 2.35. The van der Waals surface area contributed by atoms with E-state index in [0.717, 1.165) is 17.7 Å². The van der Waals surface area contributed by atoms with Crippen molar-refractivity contribution in [1.82, 2.24) is 4.57 Å². The van der Waals surface area contributed by atoms with Crippen molar-refractivity contribution >= 4 is 46.1 Å². The zero-order chi connectivity index (χ0) is 25.6. The smallest absolute Gasteiger partial charge is 0.338 e. The normalized spacial score (nSPS) is 18.2. The summed E-state index contributed by atoms with van der Waals surface area (Å²) in [5.41, 5.74) is 2.97. The van der Waals surface area contributed by atoms with Gasteiger partial charge in [0.1, 0.15) is 4.53 Å². The van der Waals surface area contributed by atoms with Crippen LogP contribution in [0.4, 0.5) is 5.69 Å². The fourth-order valence-electron chi connectivity index (χ4n) is 4.75. The fourth-order valence-corrected chi connectivity index (χ4v) is 6.01. The highest BCUT2D eigenvalue weighted by molar-refractivity contribution is 7.07. The van der Waals surface area contributed by atoms with Crippen LogP contribution in [0.1, 0.15) is 44.4 Å². The van der Waals surface area contributed by atoms with Crippen LogP contribution < -0.4 is 19.8 Å². The number of fused-ring (bicyclic) bond motifs is 2. The molecule has 5 rings (SSSR count). The van der Waals surface area contributed by atoms with Gasteiger partial charge in [0.05, 0.1) is 35.2 Å². The molecule has 1 amide bonds. The van der Waals surface area contributed by atoms with Crippen LogP contribution in [0.15, 0.2) is 69.6 Å². The number of aromatic nitrogens is 1. The Morgan fingerprint density at radius 2 is 1.83 bits per heavy atom. The first-order valence-electron chi connectivity index (χ1n) is 11.8. The van der Waals surface area contributed by atoms with Crippen LogP contribution >= 0.6 is 22.9 Å². The summed E-state index contributed by atoms with van der Waals surface area (Å²) in [7, 11) is 0. The van der Waals surface area contributed by atoms with E-state index in [-0.39, 0.29) is 23.6 Å². The van der Waals surface area contributed by atoms with Gasteiger partial charge in [0, 0.05) is 17.1 Å². The van der Waals surface area contributed by atoms with E-state index in [1.807, 2.05) is 31.2 Å². The van der Waals surface area contributed by atoms with E-state index in [2.05, 4.69) is 4.99 Å². The number of anilines is 1. The quantitative estimate of drug-likeness (QED) is 0.481. The molecule has 0 bridgehead atoms. The summed E-state index contributed by atoms with van der Waals surface area (Å²) < 4.78 is 7.13. The lowest BCUT2D eigenvalue weighted by Gasteiger charge is -2.24. The molecule has 0 N–H and O–H groups in total. The summed E-state index contributed by atoms with van der Waals surface area (Å²) in [6, 6.07) is 13.7. The second-order valence-electron chi connectivity index (χ2n) is 8.52. The minimum absolute atomic E-state index is 0.191. The van der Waals surface area contributed by atoms with E-state index in [4.69, 9.17) is 16.3 Å². The number of thiazole rings is 1. The summed E-state index contributed by atoms with van der Waals surface area (Å²) in [6.07, 6.45) is 0.785. The number of benzene rings is 2. The lowest BCUT2D eigenvalue weighted by molar-refractivity contribution is -0.139. The van der Waals surface area contributed by atoms with Gasteiger partial charge in [-0.25, -0.2) is 9.79 Å². The van der Waals surface area contributed by atoms with Gasteiger partial charge in [-0.1, -0.05) is 60.2 Å². The lowest BCUT2D eigenvalue weighted by atomic mass is 9.96. The van der Waals surface area contributed by atoms with Crippen molar-refractivity contribution in [2.24, 2.45) is 4.99 Å². The molecule has 36 heavy (non-hydrogen) atoms. The van der Waals surface area contributed by atoms with E-state index in [9.17, 15) is 14.4 Å². The van der Waals surface area contributed by atoms with Gasteiger partial charge in [0.25, 0.3) is 11.5 Å². The van der Waals surface area contributed by atoms with Crippen LogP contribution in [-0.2, 0) is 14.3 Å². The van der Waals surface area contributed by atoms with Crippen molar-refractivity contribution in [3.05, 3.63) is 95.6 Å². The van der Waals surface area contributed by atoms with Crippen LogP contribution in [0.3, 0.4) is 0 Å². The standard InChI is InChI=1S/C27H24ClN3O4S/c1-4-14-30-19-9-7-6-8-18(19)21(24(30)32)23-25(33)31-22(16-10-12-17(28)13-11-16)20(26(34)35-5-2)15(3)29-27(31)36-23/h6-13,22H,4-5,14H2,1-3H3/t22-/m1/s1. The predicted octanol–water partition coefficient (Wildman–Crippen LogP) is 3.58. The summed E-state index contributed by atoms with van der Waals surface area (Å²) in [6.45, 7) is 6.21. The summed E-state index contributed by atoms with van der Waals surface area (Å²) in [4.78, 5) is 47.4. The third-order valence-corrected chi connectivity index (χ3v) is 7.58. The first kappa shape index (κ1) is 24.2. The zero-order valence-corrected chi connectivity index (χ0v) is 21.7. The molecule has 3 heterocycles. The first-order chi connectivity index (χ1) is 17.4. The molecule has 1 atom stereocenters. The van der Waals surface area contributed by atoms with Crippen LogP contribution in [0.25, 0.3) is 5.57 Å². The van der Waals surface area contributed by atoms with Gasteiger partial charge in [0.15, 0.2) is 4.80 Å². The second kappa shape index (κ2) is 9.52. The average Bonchev–Trinajstić information content (AvgIpc) is 3.32. The third-order valence-electron chi connectivity index (χ3n) is 6.28. The Kier molecular flexibility index (Phi) is 6.40. The molecule has 0 aliphatic carbocycles. The highest BCUT2D eigenvalue weighted by Gasteiger charge is 2.37. The molecular formula is C27H24ClN3O4S. The number of carbonyl (C=O) groups is 2. The van der Waals surface area contributed by atoms with Gasteiger partial charge in [-0.3, -0.25) is 14.2 Å². The average molecular weight is 522 g/mol. The Bertz CT molecular complexity index is 1600. The number of hydrogen-bond acceptors (Lipinski definition) is 6. The molecule has 184 valence electrons. The van der Waals surface area contributed by atoms with E-state index >= 15 is 0 Å². The SMILES string of the molecule is CCCN1C(=O)C(=c2sc3n(c2=O)[C@H](c2ccc(Cl)cc2)C(C(=O)OCC)=C(C)N=3)c2ccccc21. The number of rotatable bonds is 5. The molecule has 0 saturated heterocycles. The molecule has 0 saturated carbocycles. The van der Waals surface area contributed by atoms with Crippen molar-refractivity contribution in [2.75, 3.05) is 18.1 Å². The monoisotopic (exact) mass is 521 g/mol. The molecule has 1 aromatic heterocycles. The van der Waals surface area contributed by atoms with Crippen LogP contribution in [0, 0.1) is 0 Å². The Balaban J connectivity index is 1.81. The number of esters is 1. The van der Waals surface area contributed by atoms with Gasteiger partial charge < -0.3 is 9.64 Å². The van der Waals surface area contributed by atoms with Gasteiger partial charge in [-0.2, -0.15) is 0 Å². The van der Waals surface area contributed by atoms with Crippen LogP contribution in [0.2, 0.25) is 5.02 Å². The number of nitrogens with zero attached hydrogens (tertiary/aromatic N) is 3. The van der Waals surface area contributed by atoms with Crippen molar-refractivity contribution in [3.63, 3.8) is 0 Å². The Morgan fingerprint density at radius 1 is 1.11 bits per heavy atom. The number of para-hydroxylation sites is 1. The summed E-state index contributed by atoms with van der Waals surface area (Å²) in [5.74, 6) is -0.735. The predicted molar refractivity (Wildman–Crippen MR) is 140 cm³/mol.